The van der Waals surface area contributed by atoms with Crippen LogP contribution < -0.4 is 5.56 Å². The molecule has 2 aromatic heterocycles. The minimum absolute atomic E-state index is 0.0601. The van der Waals surface area contributed by atoms with Gasteiger partial charge in [-0.1, -0.05) is 0 Å². The molecule has 0 fully saturated rings. The molecule has 0 saturated carbocycles. The molecule has 3 rings (SSSR count). The van der Waals surface area contributed by atoms with Crippen molar-refractivity contribution in [3.63, 3.8) is 0 Å². The van der Waals surface area contributed by atoms with Gasteiger partial charge in [-0.3, -0.25) is 4.79 Å². The van der Waals surface area contributed by atoms with Crippen molar-refractivity contribution >= 4 is 27.8 Å². The van der Waals surface area contributed by atoms with Crippen LogP contribution >= 0.6 is 11.3 Å². The molecule has 1 atom stereocenters. The average Bonchev–Trinajstić information content (AvgIpc) is 2.67. The molecule has 2 heterocycles. The molecule has 0 bridgehead atoms. The molecule has 5 heteroatoms. The van der Waals surface area contributed by atoms with Gasteiger partial charge in [0.1, 0.15) is 11.1 Å². The number of aryl methyl sites for hydroxylation is 1. The first-order valence-electron chi connectivity index (χ1n) is 5.23. The Morgan fingerprint density at radius 1 is 1.56 bits per heavy atom. The van der Waals surface area contributed by atoms with Crippen LogP contribution in [0.1, 0.15) is 16.9 Å². The van der Waals surface area contributed by atoms with Crippen LogP contribution in [0, 0.1) is 5.92 Å². The van der Waals surface area contributed by atoms with Crippen molar-refractivity contribution in [3.8, 4) is 0 Å². The maximum Gasteiger partial charge on any atom is 0.259 e. The smallest absolute Gasteiger partial charge is 0.259 e. The first kappa shape index (κ1) is 9.72. The molecular weight excluding hydrogens is 224 g/mol. The second kappa shape index (κ2) is 3.52. The van der Waals surface area contributed by atoms with Crippen LogP contribution in [0.5, 0.6) is 0 Å². The molecule has 1 unspecified atom stereocenters. The van der Waals surface area contributed by atoms with E-state index in [-0.39, 0.29) is 11.5 Å². The number of rotatable bonds is 1. The highest BCUT2D eigenvalue weighted by Gasteiger charge is 2.24. The van der Waals surface area contributed by atoms with Crippen molar-refractivity contribution in [1.82, 2.24) is 9.97 Å². The molecule has 0 aliphatic heterocycles. The van der Waals surface area contributed by atoms with E-state index in [1.165, 1.54) is 11.2 Å². The van der Waals surface area contributed by atoms with Gasteiger partial charge >= 0.3 is 0 Å². The number of hydrogen-bond acceptors (Lipinski definition) is 4. The number of carbonyl (C=O) groups excluding carboxylic acids is 1. The van der Waals surface area contributed by atoms with E-state index >= 15 is 0 Å². The highest BCUT2D eigenvalue weighted by molar-refractivity contribution is 7.18. The molecule has 1 aliphatic carbocycles. The van der Waals surface area contributed by atoms with Gasteiger partial charge in [-0.25, -0.2) is 4.98 Å². The summed E-state index contributed by atoms with van der Waals surface area (Å²) in [7, 11) is 0. The topological polar surface area (TPSA) is 62.8 Å². The second-order valence-corrected chi connectivity index (χ2v) is 5.14. The van der Waals surface area contributed by atoms with Crippen LogP contribution in [0.2, 0.25) is 0 Å². The van der Waals surface area contributed by atoms with Crippen molar-refractivity contribution in [3.05, 3.63) is 27.1 Å². The first-order chi connectivity index (χ1) is 7.79. The minimum atomic E-state index is -0.0888. The molecule has 82 valence electrons. The summed E-state index contributed by atoms with van der Waals surface area (Å²) >= 11 is 1.58. The molecule has 4 nitrogen and oxygen atoms in total. The van der Waals surface area contributed by atoms with Crippen molar-refractivity contribution in [2.24, 2.45) is 5.92 Å². The zero-order chi connectivity index (χ0) is 11.1. The fourth-order valence-corrected chi connectivity index (χ4v) is 3.44. The van der Waals surface area contributed by atoms with Crippen LogP contribution in [0.3, 0.4) is 0 Å². The number of thiophene rings is 1. The quantitative estimate of drug-likeness (QED) is 0.756. The van der Waals surface area contributed by atoms with E-state index in [1.807, 2.05) is 0 Å². The normalized spacial score (nSPS) is 19.6. The highest BCUT2D eigenvalue weighted by atomic mass is 32.1. The van der Waals surface area contributed by atoms with Gasteiger partial charge in [-0.15, -0.1) is 11.3 Å². The maximum absolute atomic E-state index is 11.7. The van der Waals surface area contributed by atoms with Crippen LogP contribution in [0.15, 0.2) is 11.1 Å². The Labute approximate surface area is 95.3 Å². The van der Waals surface area contributed by atoms with Gasteiger partial charge in [0.25, 0.3) is 5.56 Å². The van der Waals surface area contributed by atoms with E-state index in [1.54, 1.807) is 11.3 Å². The summed E-state index contributed by atoms with van der Waals surface area (Å²) in [5, 5.41) is 0.689. The molecular formula is C11H10N2O2S. The predicted octanol–water partition coefficient (Wildman–Crippen LogP) is 1.29. The number of nitrogens with zero attached hydrogens (tertiary/aromatic N) is 1. The number of nitrogens with one attached hydrogen (secondary N) is 1. The van der Waals surface area contributed by atoms with Crippen molar-refractivity contribution in [2.75, 3.05) is 0 Å². The molecule has 0 saturated heterocycles. The number of aromatic nitrogens is 2. The van der Waals surface area contributed by atoms with Crippen LogP contribution in [0.25, 0.3) is 10.2 Å². The minimum Gasteiger partial charge on any atom is -0.313 e. The van der Waals surface area contributed by atoms with Gasteiger partial charge in [0.15, 0.2) is 0 Å². The lowest BCUT2D eigenvalue weighted by Crippen LogP contribution is -2.16. The van der Waals surface area contributed by atoms with Gasteiger partial charge in [-0.2, -0.15) is 0 Å². The Balaban J connectivity index is 2.27. The zero-order valence-corrected chi connectivity index (χ0v) is 9.34. The summed E-state index contributed by atoms with van der Waals surface area (Å²) in [5.74, 6) is 0.0601. The number of fused-ring (bicyclic) bond motifs is 3. The monoisotopic (exact) mass is 234 g/mol. The summed E-state index contributed by atoms with van der Waals surface area (Å²) in [4.78, 5) is 31.3. The Morgan fingerprint density at radius 2 is 2.44 bits per heavy atom. The Bertz CT molecular complexity index is 614. The molecule has 0 radical (unpaired) electrons. The van der Waals surface area contributed by atoms with Gasteiger partial charge < -0.3 is 9.78 Å². The third-order valence-electron chi connectivity index (χ3n) is 3.08. The molecule has 1 aliphatic rings. The molecule has 0 amide bonds. The number of aromatic amines is 1. The Morgan fingerprint density at radius 3 is 3.25 bits per heavy atom. The van der Waals surface area contributed by atoms with Gasteiger partial charge in [0, 0.05) is 10.8 Å². The number of H-pyrrole nitrogens is 1. The second-order valence-electron chi connectivity index (χ2n) is 4.05. The highest BCUT2D eigenvalue weighted by Crippen LogP contribution is 2.34. The van der Waals surface area contributed by atoms with E-state index in [9.17, 15) is 9.59 Å². The van der Waals surface area contributed by atoms with E-state index in [2.05, 4.69) is 9.97 Å². The fourth-order valence-electron chi connectivity index (χ4n) is 2.26. The number of aldehydes is 1. The van der Waals surface area contributed by atoms with Crippen LogP contribution in [-0.4, -0.2) is 16.3 Å². The van der Waals surface area contributed by atoms with E-state index in [4.69, 9.17) is 0 Å². The standard InChI is InChI=1S/C11H10N2O2S/c14-4-6-1-2-8-7(3-6)9-10(15)12-5-13-11(9)16-8/h4-6H,1-3H2,(H,12,13,15). The van der Waals surface area contributed by atoms with Crippen LogP contribution in [0.4, 0.5) is 0 Å². The number of carbonyl (C=O) groups is 1. The van der Waals surface area contributed by atoms with Gasteiger partial charge in [0.05, 0.1) is 11.7 Å². The lowest BCUT2D eigenvalue weighted by molar-refractivity contribution is -0.111. The summed E-state index contributed by atoms with van der Waals surface area (Å²) < 4.78 is 0. The third-order valence-corrected chi connectivity index (χ3v) is 4.28. The average molecular weight is 234 g/mol. The van der Waals surface area contributed by atoms with E-state index < -0.39 is 0 Å². The van der Waals surface area contributed by atoms with Gasteiger partial charge in [0.2, 0.25) is 0 Å². The predicted molar refractivity (Wildman–Crippen MR) is 61.8 cm³/mol. The lowest BCUT2D eigenvalue weighted by Gasteiger charge is -2.16. The first-order valence-corrected chi connectivity index (χ1v) is 6.04. The molecule has 1 N–H and O–H groups in total. The van der Waals surface area contributed by atoms with E-state index in [0.717, 1.165) is 29.5 Å². The summed E-state index contributed by atoms with van der Waals surface area (Å²) in [6.45, 7) is 0. The van der Waals surface area contributed by atoms with Crippen molar-refractivity contribution in [2.45, 2.75) is 19.3 Å². The SMILES string of the molecule is O=CC1CCc2sc3nc[nH]c(=O)c3c2C1. The maximum atomic E-state index is 11.7. The van der Waals surface area contributed by atoms with E-state index in [0.29, 0.717) is 11.8 Å². The van der Waals surface area contributed by atoms with Crippen molar-refractivity contribution < 1.29 is 4.79 Å². The Kier molecular flexibility index (Phi) is 2.14. The zero-order valence-electron chi connectivity index (χ0n) is 8.53. The Hall–Kier alpha value is -1.49. The third kappa shape index (κ3) is 1.31. The summed E-state index contributed by atoms with van der Waals surface area (Å²) in [6.07, 6.45) is 4.90. The molecule has 2 aromatic rings. The molecule has 0 spiro atoms. The summed E-state index contributed by atoms with van der Waals surface area (Å²) in [6, 6.07) is 0. The van der Waals surface area contributed by atoms with Gasteiger partial charge in [-0.05, 0) is 24.8 Å². The number of hydrogen-bond donors (Lipinski definition) is 1. The molecule has 0 aromatic carbocycles. The largest absolute Gasteiger partial charge is 0.313 e. The summed E-state index contributed by atoms with van der Waals surface area (Å²) in [5.41, 5.74) is 0.951. The lowest BCUT2D eigenvalue weighted by atomic mass is 9.88. The fraction of sp³-hybridized carbons (Fsp3) is 0.364. The van der Waals surface area contributed by atoms with Crippen molar-refractivity contribution in [1.29, 1.82) is 0 Å². The van der Waals surface area contributed by atoms with Crippen LogP contribution in [-0.2, 0) is 17.6 Å². The molecule has 16 heavy (non-hydrogen) atoms.